The summed E-state index contributed by atoms with van der Waals surface area (Å²) in [6.07, 6.45) is 0. The van der Waals surface area contributed by atoms with Gasteiger partial charge in [-0.3, -0.25) is 0 Å². The highest BCUT2D eigenvalue weighted by Gasteiger charge is 2.19. The highest BCUT2D eigenvalue weighted by atomic mass is 15.0. The van der Waals surface area contributed by atoms with Crippen molar-refractivity contribution >= 4 is 64.9 Å². The molecule has 0 spiro atoms. The second-order valence-electron chi connectivity index (χ2n) is 17.1. The van der Waals surface area contributed by atoms with Crippen LogP contribution in [0.15, 0.2) is 243 Å². The van der Waals surface area contributed by atoms with Crippen LogP contribution in [0.25, 0.3) is 126 Å². The van der Waals surface area contributed by atoms with Gasteiger partial charge in [0.2, 0.25) is 0 Å². The van der Waals surface area contributed by atoms with Gasteiger partial charge in [0, 0.05) is 27.6 Å². The first-order chi connectivity index (χ1) is 32.2. The Bertz CT molecular complexity index is 3990. The summed E-state index contributed by atoms with van der Waals surface area (Å²) in [6, 6.07) is 88.6. The van der Waals surface area contributed by atoms with E-state index in [-0.39, 0.29) is 0 Å². The third-order valence-corrected chi connectivity index (χ3v) is 13.3. The molecule has 0 aliphatic rings. The van der Waals surface area contributed by atoms with Crippen LogP contribution in [0, 0.1) is 0 Å². The Morgan fingerprint density at radius 2 is 0.738 bits per heavy atom. The zero-order chi connectivity index (χ0) is 42.8. The van der Waals surface area contributed by atoms with Crippen LogP contribution in [0.5, 0.6) is 0 Å². The minimum absolute atomic E-state index is 0.914. The second kappa shape index (κ2) is 15.0. The highest BCUT2D eigenvalue weighted by molar-refractivity contribution is 6.16. The predicted octanol–water partition coefficient (Wildman–Crippen LogP) is 17.1. The summed E-state index contributed by atoms with van der Waals surface area (Å²) in [5.74, 6) is 0. The Morgan fingerprint density at radius 1 is 0.246 bits per heavy atom. The molecule has 0 amide bonds. The standard InChI is InChI=1S/C63H40N2/c1-3-17-41(18-4-1)43-31-32-57-56-29-15-16-30-62(56)65(63(57)40-43)49-34-47(58-36-44-21-7-9-23-50(44)52-25-11-13-27-54(52)58)33-48(35-49)60-38-46(42-19-5-2-6-20-42)39-61(64-60)59-37-45-22-8-10-24-51(45)53-26-12-14-28-55(53)59/h1-40H. The third kappa shape index (κ3) is 6.22. The first-order valence-corrected chi connectivity index (χ1v) is 22.4. The van der Waals surface area contributed by atoms with Crippen molar-refractivity contribution in [2.45, 2.75) is 0 Å². The second-order valence-corrected chi connectivity index (χ2v) is 17.1. The Hall–Kier alpha value is -8.59. The van der Waals surface area contributed by atoms with Gasteiger partial charge in [0.1, 0.15) is 0 Å². The summed E-state index contributed by atoms with van der Waals surface area (Å²) in [4.78, 5) is 5.70. The van der Waals surface area contributed by atoms with Gasteiger partial charge >= 0.3 is 0 Å². The number of hydrogen-bond donors (Lipinski definition) is 0. The molecule has 2 heteroatoms. The van der Waals surface area contributed by atoms with Crippen LogP contribution in [-0.4, -0.2) is 9.55 Å². The van der Waals surface area contributed by atoms with Gasteiger partial charge < -0.3 is 4.57 Å². The first-order valence-electron chi connectivity index (χ1n) is 22.4. The summed E-state index contributed by atoms with van der Waals surface area (Å²) in [5.41, 5.74) is 14.4. The molecule has 0 saturated carbocycles. The molecule has 0 N–H and O–H groups in total. The van der Waals surface area contributed by atoms with E-state index in [1.54, 1.807) is 0 Å². The van der Waals surface area contributed by atoms with Crippen molar-refractivity contribution in [3.8, 4) is 61.6 Å². The molecule has 65 heavy (non-hydrogen) atoms. The van der Waals surface area contributed by atoms with Crippen LogP contribution in [0.2, 0.25) is 0 Å². The van der Waals surface area contributed by atoms with Gasteiger partial charge in [-0.15, -0.1) is 0 Å². The molecule has 302 valence electrons. The van der Waals surface area contributed by atoms with Crippen molar-refractivity contribution in [3.05, 3.63) is 243 Å². The van der Waals surface area contributed by atoms with Crippen molar-refractivity contribution in [1.29, 1.82) is 0 Å². The van der Waals surface area contributed by atoms with E-state index in [4.69, 9.17) is 4.98 Å². The molecule has 0 aliphatic heterocycles. The number of nitrogens with zero attached hydrogens (tertiary/aromatic N) is 2. The van der Waals surface area contributed by atoms with Gasteiger partial charge in [-0.05, 0) is 131 Å². The summed E-state index contributed by atoms with van der Waals surface area (Å²) >= 11 is 0. The van der Waals surface area contributed by atoms with Gasteiger partial charge in [-0.1, -0.05) is 188 Å². The highest BCUT2D eigenvalue weighted by Crippen LogP contribution is 2.42. The fraction of sp³-hybridized carbons (Fsp3) is 0. The normalized spacial score (nSPS) is 11.7. The monoisotopic (exact) mass is 824 g/mol. The van der Waals surface area contributed by atoms with E-state index in [0.717, 1.165) is 55.9 Å². The van der Waals surface area contributed by atoms with Gasteiger partial charge in [0.15, 0.2) is 0 Å². The Kier molecular flexibility index (Phi) is 8.57. The smallest absolute Gasteiger partial charge is 0.0722 e. The molecule has 0 bridgehead atoms. The molecule has 0 radical (unpaired) electrons. The minimum Gasteiger partial charge on any atom is -0.309 e. The molecule has 0 saturated heterocycles. The van der Waals surface area contributed by atoms with Crippen LogP contribution in [0.3, 0.4) is 0 Å². The summed E-state index contributed by atoms with van der Waals surface area (Å²) < 4.78 is 2.46. The molecular formula is C63H40N2. The molecule has 2 nitrogen and oxygen atoms in total. The molecule has 0 atom stereocenters. The summed E-state index contributed by atoms with van der Waals surface area (Å²) in [7, 11) is 0. The van der Waals surface area contributed by atoms with Crippen LogP contribution in [0.1, 0.15) is 0 Å². The van der Waals surface area contributed by atoms with Gasteiger partial charge in [0.05, 0.1) is 22.4 Å². The molecule has 0 fully saturated rings. The van der Waals surface area contributed by atoms with Crippen LogP contribution in [-0.2, 0) is 0 Å². The van der Waals surface area contributed by atoms with Gasteiger partial charge in [-0.25, -0.2) is 4.98 Å². The molecule has 2 heterocycles. The van der Waals surface area contributed by atoms with Crippen molar-refractivity contribution in [3.63, 3.8) is 0 Å². The van der Waals surface area contributed by atoms with Gasteiger partial charge in [0.25, 0.3) is 0 Å². The van der Waals surface area contributed by atoms with Crippen molar-refractivity contribution in [1.82, 2.24) is 9.55 Å². The molecule has 2 aromatic heterocycles. The van der Waals surface area contributed by atoms with E-state index >= 15 is 0 Å². The largest absolute Gasteiger partial charge is 0.309 e. The Labute approximate surface area is 377 Å². The Balaban J connectivity index is 1.13. The molecule has 0 unspecified atom stereocenters. The van der Waals surface area contributed by atoms with E-state index in [9.17, 15) is 0 Å². The predicted molar refractivity (Wildman–Crippen MR) is 276 cm³/mol. The average molecular weight is 825 g/mol. The van der Waals surface area contributed by atoms with E-state index < -0.39 is 0 Å². The topological polar surface area (TPSA) is 17.8 Å². The van der Waals surface area contributed by atoms with Crippen LogP contribution >= 0.6 is 0 Å². The van der Waals surface area contributed by atoms with Gasteiger partial charge in [-0.2, -0.15) is 0 Å². The van der Waals surface area contributed by atoms with E-state index in [1.165, 1.54) is 70.6 Å². The number of fused-ring (bicyclic) bond motifs is 9. The van der Waals surface area contributed by atoms with Crippen LogP contribution in [0.4, 0.5) is 0 Å². The first kappa shape index (κ1) is 37.0. The van der Waals surface area contributed by atoms with Crippen molar-refractivity contribution < 1.29 is 0 Å². The number of para-hydroxylation sites is 1. The number of rotatable bonds is 6. The summed E-state index contributed by atoms with van der Waals surface area (Å²) in [6.45, 7) is 0. The van der Waals surface area contributed by atoms with E-state index in [1.807, 2.05) is 0 Å². The van der Waals surface area contributed by atoms with E-state index in [2.05, 4.69) is 247 Å². The minimum atomic E-state index is 0.914. The zero-order valence-electron chi connectivity index (χ0n) is 35.5. The van der Waals surface area contributed by atoms with Crippen molar-refractivity contribution in [2.24, 2.45) is 0 Å². The number of aromatic nitrogens is 2. The molecule has 11 aromatic carbocycles. The van der Waals surface area contributed by atoms with Crippen LogP contribution < -0.4 is 0 Å². The lowest BCUT2D eigenvalue weighted by atomic mass is 9.91. The molecule has 0 aliphatic carbocycles. The lowest BCUT2D eigenvalue weighted by Gasteiger charge is -2.17. The molecular weight excluding hydrogens is 785 g/mol. The van der Waals surface area contributed by atoms with Crippen molar-refractivity contribution in [2.75, 3.05) is 0 Å². The fourth-order valence-electron chi connectivity index (χ4n) is 10.3. The van der Waals surface area contributed by atoms with E-state index in [0.29, 0.717) is 0 Å². The fourth-order valence-corrected chi connectivity index (χ4v) is 10.3. The maximum Gasteiger partial charge on any atom is 0.0722 e. The SMILES string of the molecule is c1ccc(-c2cc(-c3cc(-c4cc5ccccc5c5ccccc45)cc(-n4c5ccccc5c5ccc(-c6ccccc6)cc54)c3)nc(-c3cc4ccccc4c4ccccc34)c2)cc1. The lowest BCUT2D eigenvalue weighted by molar-refractivity contribution is 1.18. The maximum absolute atomic E-state index is 5.70. The number of benzene rings is 11. The third-order valence-electron chi connectivity index (χ3n) is 13.3. The average Bonchev–Trinajstić information content (AvgIpc) is 3.72. The quantitative estimate of drug-likeness (QED) is 0.153. The Morgan fingerprint density at radius 3 is 1.42 bits per heavy atom. The zero-order valence-corrected chi connectivity index (χ0v) is 35.5. The summed E-state index contributed by atoms with van der Waals surface area (Å²) in [5, 5.41) is 12.2. The maximum atomic E-state index is 5.70. The number of hydrogen-bond acceptors (Lipinski definition) is 1. The lowest BCUT2D eigenvalue weighted by Crippen LogP contribution is -1.98. The molecule has 13 rings (SSSR count). The molecule has 13 aromatic rings. The number of pyridine rings is 1.